The lowest BCUT2D eigenvalue weighted by Gasteiger charge is -2.37. The maximum Gasteiger partial charge on any atom is 0.228 e. The largest absolute Gasteiger partial charge is 0.372 e. The minimum absolute atomic E-state index is 0. The molecule has 0 radical (unpaired) electrons. The summed E-state index contributed by atoms with van der Waals surface area (Å²) in [6.45, 7) is 7.59. The number of para-hydroxylation sites is 2. The van der Waals surface area contributed by atoms with Crippen LogP contribution in [0.2, 0.25) is 0 Å². The number of hydrogen-bond acceptors (Lipinski definition) is 4. The quantitative estimate of drug-likeness (QED) is 0.852. The number of benzene rings is 1. The Morgan fingerprint density at radius 1 is 1.21 bits per heavy atom. The van der Waals surface area contributed by atoms with Gasteiger partial charge in [0.2, 0.25) is 5.91 Å². The Bertz CT molecular complexity index is 528. The second-order valence-electron chi connectivity index (χ2n) is 6.36. The molecule has 1 amide bonds. The van der Waals surface area contributed by atoms with E-state index in [4.69, 9.17) is 4.74 Å². The maximum absolute atomic E-state index is 12.4. The predicted octanol–water partition coefficient (Wildman–Crippen LogP) is 2.69. The summed E-state index contributed by atoms with van der Waals surface area (Å²) in [5, 5.41) is 6.36. The highest BCUT2D eigenvalue weighted by Crippen LogP contribution is 2.29. The van der Waals surface area contributed by atoms with Gasteiger partial charge in [-0.2, -0.15) is 0 Å². The first kappa shape index (κ1) is 21.0. The van der Waals surface area contributed by atoms with E-state index in [-0.39, 0.29) is 48.8 Å². The molecule has 0 aromatic heterocycles. The summed E-state index contributed by atoms with van der Waals surface area (Å²) in [6, 6.07) is 8.06. The molecule has 0 spiro atoms. The molecule has 2 aliphatic heterocycles. The molecule has 3 rings (SSSR count). The smallest absolute Gasteiger partial charge is 0.228 e. The Balaban J connectivity index is 0.00000144. The first-order valence-electron chi connectivity index (χ1n) is 8.14. The van der Waals surface area contributed by atoms with Gasteiger partial charge >= 0.3 is 0 Å². The second-order valence-corrected chi connectivity index (χ2v) is 6.36. The van der Waals surface area contributed by atoms with Crippen molar-refractivity contribution in [1.82, 2.24) is 5.32 Å². The summed E-state index contributed by atoms with van der Waals surface area (Å²) in [7, 11) is 0. The van der Waals surface area contributed by atoms with Gasteiger partial charge in [-0.05, 0) is 38.9 Å². The lowest BCUT2D eigenvalue weighted by molar-refractivity contribution is -0.119. The van der Waals surface area contributed by atoms with Gasteiger partial charge in [0.15, 0.2) is 0 Å². The minimum atomic E-state index is 0. The Kier molecular flexibility index (Phi) is 8.30. The second kappa shape index (κ2) is 9.47. The predicted molar refractivity (Wildman–Crippen MR) is 103 cm³/mol. The molecule has 2 N–H and O–H groups in total. The minimum Gasteiger partial charge on any atom is -0.372 e. The summed E-state index contributed by atoms with van der Waals surface area (Å²) in [4.78, 5) is 14.7. The monoisotopic (exact) mass is 375 g/mol. The zero-order chi connectivity index (χ0) is 15.5. The van der Waals surface area contributed by atoms with Crippen LogP contribution in [0.3, 0.4) is 0 Å². The lowest BCUT2D eigenvalue weighted by atomic mass is 10.1. The van der Waals surface area contributed by atoms with E-state index in [9.17, 15) is 4.79 Å². The number of nitrogens with zero attached hydrogens (tertiary/aromatic N) is 1. The van der Waals surface area contributed by atoms with E-state index < -0.39 is 0 Å². The molecular formula is C17H27Cl2N3O2. The van der Waals surface area contributed by atoms with Crippen molar-refractivity contribution in [3.8, 4) is 0 Å². The van der Waals surface area contributed by atoms with Crippen LogP contribution in [0, 0.1) is 5.92 Å². The van der Waals surface area contributed by atoms with E-state index in [1.54, 1.807) is 0 Å². The molecule has 2 fully saturated rings. The molecule has 2 saturated heterocycles. The highest BCUT2D eigenvalue weighted by Gasteiger charge is 2.26. The average Bonchev–Trinajstić information content (AvgIpc) is 3.01. The van der Waals surface area contributed by atoms with Crippen LogP contribution >= 0.6 is 24.8 Å². The van der Waals surface area contributed by atoms with Crippen LogP contribution in [0.4, 0.5) is 11.4 Å². The van der Waals surface area contributed by atoms with Gasteiger partial charge in [0.25, 0.3) is 0 Å². The van der Waals surface area contributed by atoms with Gasteiger partial charge in [0.05, 0.1) is 29.5 Å². The number of nitrogens with one attached hydrogen (secondary N) is 2. The van der Waals surface area contributed by atoms with Gasteiger partial charge in [-0.15, -0.1) is 24.8 Å². The first-order valence-corrected chi connectivity index (χ1v) is 8.14. The van der Waals surface area contributed by atoms with Crippen LogP contribution in [0.1, 0.15) is 20.3 Å². The molecule has 5 nitrogen and oxygen atoms in total. The summed E-state index contributed by atoms with van der Waals surface area (Å²) < 4.78 is 5.80. The third-order valence-electron chi connectivity index (χ3n) is 4.35. The molecule has 1 aromatic rings. The van der Waals surface area contributed by atoms with E-state index in [0.717, 1.165) is 44.0 Å². The number of anilines is 2. The van der Waals surface area contributed by atoms with Crippen molar-refractivity contribution in [2.45, 2.75) is 32.5 Å². The van der Waals surface area contributed by atoms with Gasteiger partial charge in [-0.3, -0.25) is 4.79 Å². The molecule has 0 bridgehead atoms. The maximum atomic E-state index is 12.4. The van der Waals surface area contributed by atoms with Crippen molar-refractivity contribution in [3.63, 3.8) is 0 Å². The fourth-order valence-electron chi connectivity index (χ4n) is 3.34. The first-order chi connectivity index (χ1) is 10.6. The van der Waals surface area contributed by atoms with E-state index in [1.165, 1.54) is 0 Å². The van der Waals surface area contributed by atoms with Crippen molar-refractivity contribution in [1.29, 1.82) is 0 Å². The fraction of sp³-hybridized carbons (Fsp3) is 0.588. The number of carbonyl (C=O) groups is 1. The average molecular weight is 376 g/mol. The molecule has 2 aliphatic rings. The highest BCUT2D eigenvalue weighted by atomic mass is 35.5. The Labute approximate surface area is 156 Å². The van der Waals surface area contributed by atoms with Crippen LogP contribution in [-0.2, 0) is 9.53 Å². The third-order valence-corrected chi connectivity index (χ3v) is 4.35. The molecule has 3 unspecified atom stereocenters. The lowest BCUT2D eigenvalue weighted by Crippen LogP contribution is -2.45. The summed E-state index contributed by atoms with van der Waals surface area (Å²) in [6.07, 6.45) is 1.32. The van der Waals surface area contributed by atoms with Gasteiger partial charge in [0, 0.05) is 19.6 Å². The molecule has 2 heterocycles. The molecule has 1 aromatic carbocycles. The number of morpholine rings is 1. The van der Waals surface area contributed by atoms with E-state index in [2.05, 4.69) is 35.4 Å². The molecule has 7 heteroatoms. The standard InChI is InChI=1S/C17H25N3O2.2ClH/c1-12-10-20(11-13(2)22-12)16-6-4-3-5-15(16)19-17(21)14-7-8-18-9-14;;/h3-6,12-14,18H,7-11H2,1-2H3,(H,19,21);2*1H. The summed E-state index contributed by atoms with van der Waals surface area (Å²) >= 11 is 0. The van der Waals surface area contributed by atoms with Gasteiger partial charge in [0.1, 0.15) is 0 Å². The normalized spacial score (nSPS) is 26.2. The molecule has 136 valence electrons. The van der Waals surface area contributed by atoms with Crippen molar-refractivity contribution in [2.24, 2.45) is 5.92 Å². The Morgan fingerprint density at radius 3 is 2.50 bits per heavy atom. The van der Waals surface area contributed by atoms with Crippen LogP contribution in [0.5, 0.6) is 0 Å². The third kappa shape index (κ3) is 4.99. The number of ether oxygens (including phenoxy) is 1. The fourth-order valence-corrected chi connectivity index (χ4v) is 3.34. The molecule has 24 heavy (non-hydrogen) atoms. The van der Waals surface area contributed by atoms with E-state index in [0.29, 0.717) is 0 Å². The van der Waals surface area contributed by atoms with Crippen LogP contribution < -0.4 is 15.5 Å². The molecule has 0 aliphatic carbocycles. The number of hydrogen-bond donors (Lipinski definition) is 2. The Hall–Kier alpha value is -1.01. The summed E-state index contributed by atoms with van der Waals surface area (Å²) in [5.74, 6) is 0.197. The Morgan fingerprint density at radius 2 is 1.88 bits per heavy atom. The zero-order valence-electron chi connectivity index (χ0n) is 14.2. The summed E-state index contributed by atoms with van der Waals surface area (Å²) in [5.41, 5.74) is 1.99. The highest BCUT2D eigenvalue weighted by molar-refractivity contribution is 5.96. The SMILES string of the molecule is CC1CN(c2ccccc2NC(=O)C2CCNC2)CC(C)O1.Cl.Cl. The zero-order valence-corrected chi connectivity index (χ0v) is 15.8. The number of rotatable bonds is 3. The van der Waals surface area contributed by atoms with Crippen molar-refractivity contribution in [2.75, 3.05) is 36.4 Å². The van der Waals surface area contributed by atoms with Gasteiger partial charge in [-0.25, -0.2) is 0 Å². The number of halogens is 2. The topological polar surface area (TPSA) is 53.6 Å². The van der Waals surface area contributed by atoms with E-state index >= 15 is 0 Å². The van der Waals surface area contributed by atoms with Crippen LogP contribution in [0.15, 0.2) is 24.3 Å². The van der Waals surface area contributed by atoms with Crippen molar-refractivity contribution in [3.05, 3.63) is 24.3 Å². The van der Waals surface area contributed by atoms with Crippen molar-refractivity contribution < 1.29 is 9.53 Å². The van der Waals surface area contributed by atoms with Crippen LogP contribution in [0.25, 0.3) is 0 Å². The number of amides is 1. The van der Waals surface area contributed by atoms with Crippen molar-refractivity contribution >= 4 is 42.1 Å². The molecule has 3 atom stereocenters. The number of carbonyl (C=O) groups excluding carboxylic acids is 1. The van der Waals surface area contributed by atoms with Crippen LogP contribution in [-0.4, -0.2) is 44.3 Å². The molecule has 0 saturated carbocycles. The van der Waals surface area contributed by atoms with Gasteiger partial charge in [-0.1, -0.05) is 12.1 Å². The van der Waals surface area contributed by atoms with E-state index in [1.807, 2.05) is 18.2 Å². The molecular weight excluding hydrogens is 349 g/mol. The van der Waals surface area contributed by atoms with Gasteiger partial charge < -0.3 is 20.3 Å².